The molecule has 2 atom stereocenters. The van der Waals surface area contributed by atoms with Crippen molar-refractivity contribution in [1.29, 1.82) is 0 Å². The van der Waals surface area contributed by atoms with Crippen molar-refractivity contribution >= 4 is 6.08 Å². The summed E-state index contributed by atoms with van der Waals surface area (Å²) in [7, 11) is 0. The van der Waals surface area contributed by atoms with Gasteiger partial charge in [-0.3, -0.25) is 0 Å². The van der Waals surface area contributed by atoms with Crippen LogP contribution in [-0.2, 0) is 6.42 Å². The zero-order valence-corrected chi connectivity index (χ0v) is 13.6. The maximum Gasteiger partial charge on any atom is -0.00882 e. The second-order valence-corrected chi connectivity index (χ2v) is 7.62. The summed E-state index contributed by atoms with van der Waals surface area (Å²) in [6.45, 7) is 0. The van der Waals surface area contributed by atoms with Crippen LogP contribution in [0.4, 0.5) is 0 Å². The SMILES string of the molecule is C1=CC2CCC1C2.C1=Cc2cc(C3CCCCC3)ccc2C1. The van der Waals surface area contributed by atoms with Crippen LogP contribution in [-0.4, -0.2) is 0 Å². The first-order valence-corrected chi connectivity index (χ1v) is 9.36. The van der Waals surface area contributed by atoms with Gasteiger partial charge in [-0.05, 0) is 73.0 Å². The molecule has 0 aliphatic heterocycles. The zero-order valence-electron chi connectivity index (χ0n) is 13.6. The molecular weight excluding hydrogens is 264 g/mol. The van der Waals surface area contributed by atoms with Crippen molar-refractivity contribution in [2.75, 3.05) is 0 Å². The number of rotatable bonds is 1. The molecule has 4 aliphatic carbocycles. The van der Waals surface area contributed by atoms with Gasteiger partial charge < -0.3 is 0 Å². The van der Waals surface area contributed by atoms with E-state index in [2.05, 4.69) is 42.5 Å². The van der Waals surface area contributed by atoms with E-state index in [1.165, 1.54) is 62.5 Å². The standard InChI is InChI=1S/C15H18.C7H10/c1-2-5-12(6-3-1)15-10-9-13-7-4-8-14(13)11-15;1-2-7-4-3-6(1)5-7/h4,8-12H,1-3,5-7H2;1-2,6-7H,3-5H2. The number of fused-ring (bicyclic) bond motifs is 3. The number of benzene rings is 1. The average Bonchev–Trinajstić information content (AvgIpc) is 3.33. The molecule has 0 heterocycles. The zero-order chi connectivity index (χ0) is 14.8. The van der Waals surface area contributed by atoms with E-state index in [-0.39, 0.29) is 0 Å². The molecular formula is C22H28. The van der Waals surface area contributed by atoms with Gasteiger partial charge in [-0.1, -0.05) is 61.8 Å². The maximum absolute atomic E-state index is 2.43. The normalized spacial score (nSPS) is 28.5. The van der Waals surface area contributed by atoms with Crippen molar-refractivity contribution < 1.29 is 0 Å². The Hall–Kier alpha value is -1.30. The Morgan fingerprint density at radius 1 is 0.818 bits per heavy atom. The fourth-order valence-corrected chi connectivity index (χ4v) is 4.67. The minimum absolute atomic E-state index is 0.845. The predicted octanol–water partition coefficient (Wildman–Crippen LogP) is 6.28. The molecule has 0 amide bonds. The Kier molecular flexibility index (Phi) is 4.19. The van der Waals surface area contributed by atoms with Gasteiger partial charge in [0.1, 0.15) is 0 Å². The monoisotopic (exact) mass is 292 g/mol. The number of allylic oxidation sites excluding steroid dienone is 3. The van der Waals surface area contributed by atoms with Crippen molar-refractivity contribution in [2.24, 2.45) is 11.8 Å². The Morgan fingerprint density at radius 3 is 2.23 bits per heavy atom. The molecule has 0 nitrogen and oxygen atoms in total. The van der Waals surface area contributed by atoms with Crippen LogP contribution in [0.25, 0.3) is 6.08 Å². The fourth-order valence-electron chi connectivity index (χ4n) is 4.67. The van der Waals surface area contributed by atoms with Crippen molar-refractivity contribution in [1.82, 2.24) is 0 Å². The van der Waals surface area contributed by atoms with Crippen LogP contribution in [0.2, 0.25) is 0 Å². The highest BCUT2D eigenvalue weighted by Crippen LogP contribution is 2.38. The van der Waals surface area contributed by atoms with Gasteiger partial charge in [0.25, 0.3) is 0 Å². The lowest BCUT2D eigenvalue weighted by atomic mass is 9.83. The Bertz CT molecular complexity index is 560. The maximum atomic E-state index is 2.43. The van der Waals surface area contributed by atoms with E-state index in [1.807, 2.05) is 0 Å². The second-order valence-electron chi connectivity index (χ2n) is 7.62. The lowest BCUT2D eigenvalue weighted by Gasteiger charge is -2.22. The summed E-state index contributed by atoms with van der Waals surface area (Å²) in [5.41, 5.74) is 4.56. The fraction of sp³-hybridized carbons (Fsp3) is 0.545. The summed E-state index contributed by atoms with van der Waals surface area (Å²) < 4.78 is 0. The number of hydrogen-bond acceptors (Lipinski definition) is 0. The van der Waals surface area contributed by atoms with Crippen LogP contribution < -0.4 is 0 Å². The van der Waals surface area contributed by atoms with Crippen molar-refractivity contribution in [3.05, 3.63) is 53.1 Å². The first-order chi connectivity index (χ1) is 10.9. The molecule has 4 aliphatic rings. The molecule has 2 unspecified atom stereocenters. The molecule has 2 saturated carbocycles. The minimum Gasteiger partial charge on any atom is -0.0851 e. The molecule has 1 aromatic rings. The molecule has 2 bridgehead atoms. The van der Waals surface area contributed by atoms with E-state index in [9.17, 15) is 0 Å². The van der Waals surface area contributed by atoms with Crippen LogP contribution in [0, 0.1) is 11.8 Å². The topological polar surface area (TPSA) is 0 Å². The van der Waals surface area contributed by atoms with Gasteiger partial charge in [0, 0.05) is 0 Å². The van der Waals surface area contributed by atoms with Crippen LogP contribution in [0.1, 0.15) is 74.0 Å². The van der Waals surface area contributed by atoms with E-state index < -0.39 is 0 Å². The quantitative estimate of drug-likeness (QED) is 0.535. The molecule has 1 aromatic carbocycles. The van der Waals surface area contributed by atoms with E-state index in [0.717, 1.165) is 24.2 Å². The van der Waals surface area contributed by atoms with Gasteiger partial charge >= 0.3 is 0 Å². The third-order valence-electron chi connectivity index (χ3n) is 6.05. The van der Waals surface area contributed by atoms with Gasteiger partial charge in [-0.25, -0.2) is 0 Å². The summed E-state index contributed by atoms with van der Waals surface area (Å²) in [5.74, 6) is 2.83. The van der Waals surface area contributed by atoms with Gasteiger partial charge in [0.2, 0.25) is 0 Å². The summed E-state index contributed by atoms with van der Waals surface area (Å²) in [5, 5.41) is 0. The molecule has 5 rings (SSSR count). The molecule has 0 heteroatoms. The summed E-state index contributed by atoms with van der Waals surface area (Å²) >= 11 is 0. The van der Waals surface area contributed by atoms with Crippen LogP contribution in [0.5, 0.6) is 0 Å². The predicted molar refractivity (Wildman–Crippen MR) is 95.0 cm³/mol. The highest BCUT2D eigenvalue weighted by molar-refractivity contribution is 5.60. The highest BCUT2D eigenvalue weighted by atomic mass is 14.3. The Balaban J connectivity index is 0.000000148. The molecule has 0 saturated heterocycles. The average molecular weight is 292 g/mol. The molecule has 116 valence electrons. The summed E-state index contributed by atoms with van der Waals surface area (Å²) in [4.78, 5) is 0. The van der Waals surface area contributed by atoms with Gasteiger partial charge in [0.05, 0.1) is 0 Å². The van der Waals surface area contributed by atoms with E-state index in [0.29, 0.717) is 0 Å². The van der Waals surface area contributed by atoms with Gasteiger partial charge in [-0.15, -0.1) is 0 Å². The summed E-state index contributed by atoms with van der Waals surface area (Å²) in [6, 6.07) is 7.12. The lowest BCUT2D eigenvalue weighted by molar-refractivity contribution is 0.443. The minimum atomic E-state index is 0.845. The van der Waals surface area contributed by atoms with Crippen LogP contribution in [0.15, 0.2) is 36.4 Å². The molecule has 0 radical (unpaired) electrons. The first-order valence-electron chi connectivity index (χ1n) is 9.36. The molecule has 22 heavy (non-hydrogen) atoms. The van der Waals surface area contributed by atoms with E-state index in [4.69, 9.17) is 0 Å². The van der Waals surface area contributed by atoms with Crippen molar-refractivity contribution in [2.45, 2.75) is 63.7 Å². The molecule has 0 N–H and O–H groups in total. The smallest absolute Gasteiger partial charge is 0.00882 e. The van der Waals surface area contributed by atoms with Gasteiger partial charge in [0.15, 0.2) is 0 Å². The number of hydrogen-bond donors (Lipinski definition) is 0. The molecule has 0 aromatic heterocycles. The third-order valence-corrected chi connectivity index (χ3v) is 6.05. The Morgan fingerprint density at radius 2 is 1.59 bits per heavy atom. The van der Waals surface area contributed by atoms with Crippen LogP contribution >= 0.6 is 0 Å². The summed E-state index contributed by atoms with van der Waals surface area (Å²) in [6.07, 6.45) is 22.0. The third kappa shape index (κ3) is 3.07. The van der Waals surface area contributed by atoms with Crippen LogP contribution in [0.3, 0.4) is 0 Å². The van der Waals surface area contributed by atoms with Crippen molar-refractivity contribution in [3.8, 4) is 0 Å². The van der Waals surface area contributed by atoms with E-state index >= 15 is 0 Å². The highest BCUT2D eigenvalue weighted by Gasteiger charge is 2.25. The second kappa shape index (κ2) is 6.44. The largest absolute Gasteiger partial charge is 0.0851 e. The van der Waals surface area contributed by atoms with Gasteiger partial charge in [-0.2, -0.15) is 0 Å². The Labute approximate surface area is 135 Å². The molecule has 2 fully saturated rings. The van der Waals surface area contributed by atoms with E-state index in [1.54, 1.807) is 5.56 Å². The lowest BCUT2D eigenvalue weighted by Crippen LogP contribution is -2.04. The first kappa shape index (κ1) is 14.3. The van der Waals surface area contributed by atoms with Crippen molar-refractivity contribution in [3.63, 3.8) is 0 Å². The molecule has 0 spiro atoms.